The zero-order chi connectivity index (χ0) is 31.6. The van der Waals surface area contributed by atoms with E-state index < -0.39 is 11.8 Å². The van der Waals surface area contributed by atoms with Crippen LogP contribution in [0.2, 0.25) is 0 Å². The Hall–Kier alpha value is -5.02. The number of hydrogen-bond acceptors (Lipinski definition) is 6. The maximum Gasteiger partial charge on any atom is 0.272 e. The van der Waals surface area contributed by atoms with Crippen molar-refractivity contribution in [3.05, 3.63) is 119 Å². The molecular weight excluding hydrogens is 574 g/mol. The summed E-state index contributed by atoms with van der Waals surface area (Å²) < 4.78 is 10.8. The fourth-order valence-corrected chi connectivity index (χ4v) is 5.10. The Balaban J connectivity index is 1.48. The fraction of sp³-hybridized carbons (Fsp3) is 0.171. The molecular formula is C35H35N3O5S. The van der Waals surface area contributed by atoms with Crippen LogP contribution in [0.5, 0.6) is 11.5 Å². The number of thioether (sulfide) groups is 1. The van der Waals surface area contributed by atoms with E-state index in [0.717, 1.165) is 21.7 Å². The third-order valence-electron chi connectivity index (χ3n) is 6.93. The molecule has 8 nitrogen and oxygen atoms in total. The number of carbonyl (C=O) groups is 3. The van der Waals surface area contributed by atoms with Crippen LogP contribution in [0.3, 0.4) is 0 Å². The van der Waals surface area contributed by atoms with Crippen molar-refractivity contribution < 1.29 is 23.9 Å². The van der Waals surface area contributed by atoms with E-state index in [1.807, 2.05) is 57.2 Å². The molecule has 0 heterocycles. The van der Waals surface area contributed by atoms with Gasteiger partial charge in [-0.05, 0) is 92.6 Å². The SMILES string of the molecule is COc1ccc(/C=C(\NC(=O)c2ccccc2)C(=O)Nc2ccc(SC(C)C(=O)Nc3cccc(C)c3C)cc2)c(OC)c1. The highest BCUT2D eigenvalue weighted by molar-refractivity contribution is 8.00. The quantitative estimate of drug-likeness (QED) is 0.127. The molecule has 1 atom stereocenters. The molecule has 0 radical (unpaired) electrons. The predicted molar refractivity (Wildman–Crippen MR) is 176 cm³/mol. The van der Waals surface area contributed by atoms with E-state index in [0.29, 0.717) is 28.3 Å². The van der Waals surface area contributed by atoms with Crippen molar-refractivity contribution in [1.29, 1.82) is 0 Å². The summed E-state index contributed by atoms with van der Waals surface area (Å²) in [6, 6.07) is 26.8. The van der Waals surface area contributed by atoms with Crippen LogP contribution in [0.15, 0.2) is 102 Å². The minimum Gasteiger partial charge on any atom is -0.497 e. The van der Waals surface area contributed by atoms with E-state index in [9.17, 15) is 14.4 Å². The summed E-state index contributed by atoms with van der Waals surface area (Å²) in [5, 5.41) is 8.24. The second-order valence-electron chi connectivity index (χ2n) is 9.96. The zero-order valence-electron chi connectivity index (χ0n) is 25.3. The first-order valence-corrected chi connectivity index (χ1v) is 14.8. The first kappa shape index (κ1) is 31.9. The summed E-state index contributed by atoms with van der Waals surface area (Å²) in [6.07, 6.45) is 1.55. The Bertz CT molecular complexity index is 1670. The molecule has 0 aliphatic carbocycles. The van der Waals surface area contributed by atoms with Crippen molar-refractivity contribution in [3.63, 3.8) is 0 Å². The van der Waals surface area contributed by atoms with Crippen molar-refractivity contribution in [3.8, 4) is 11.5 Å². The Morgan fingerprint density at radius 1 is 0.818 bits per heavy atom. The summed E-state index contributed by atoms with van der Waals surface area (Å²) >= 11 is 1.41. The number of benzene rings is 4. The molecule has 226 valence electrons. The lowest BCUT2D eigenvalue weighted by Gasteiger charge is -2.15. The minimum atomic E-state index is -0.520. The van der Waals surface area contributed by atoms with Gasteiger partial charge in [-0.15, -0.1) is 11.8 Å². The van der Waals surface area contributed by atoms with Crippen LogP contribution in [0.1, 0.15) is 34.0 Å². The molecule has 0 aliphatic rings. The van der Waals surface area contributed by atoms with Gasteiger partial charge in [-0.3, -0.25) is 14.4 Å². The van der Waals surface area contributed by atoms with Crippen molar-refractivity contribution >= 4 is 46.9 Å². The smallest absolute Gasteiger partial charge is 0.272 e. The topological polar surface area (TPSA) is 106 Å². The normalized spacial score (nSPS) is 11.7. The van der Waals surface area contributed by atoms with Crippen LogP contribution < -0.4 is 25.4 Å². The Morgan fingerprint density at radius 2 is 1.55 bits per heavy atom. The standard InChI is InChI=1S/C35H35N3O5S/c1-22-10-9-13-30(23(22)2)37-33(39)24(3)44-29-18-15-27(16-19-29)36-35(41)31(38-34(40)25-11-7-6-8-12-25)20-26-14-17-28(42-4)21-32(26)43-5/h6-21,24H,1-5H3,(H,36,41)(H,37,39)(H,38,40)/b31-20-. The molecule has 0 aromatic heterocycles. The van der Waals surface area contributed by atoms with Gasteiger partial charge >= 0.3 is 0 Å². The number of carbonyl (C=O) groups excluding carboxylic acids is 3. The molecule has 0 bridgehead atoms. The number of amides is 3. The lowest BCUT2D eigenvalue weighted by atomic mass is 10.1. The highest BCUT2D eigenvalue weighted by Crippen LogP contribution is 2.28. The van der Waals surface area contributed by atoms with E-state index >= 15 is 0 Å². The third-order valence-corrected chi connectivity index (χ3v) is 8.04. The first-order valence-electron chi connectivity index (χ1n) is 13.9. The van der Waals surface area contributed by atoms with Gasteiger partial charge in [-0.25, -0.2) is 0 Å². The van der Waals surface area contributed by atoms with Crippen LogP contribution in [-0.2, 0) is 9.59 Å². The molecule has 0 saturated heterocycles. The second kappa shape index (κ2) is 14.9. The van der Waals surface area contributed by atoms with E-state index in [1.54, 1.807) is 67.8 Å². The van der Waals surface area contributed by atoms with Gasteiger partial charge < -0.3 is 25.4 Å². The molecule has 1 unspecified atom stereocenters. The lowest BCUT2D eigenvalue weighted by Crippen LogP contribution is -2.30. The Kier molecular flexibility index (Phi) is 10.8. The summed E-state index contributed by atoms with van der Waals surface area (Å²) in [4.78, 5) is 40.2. The number of rotatable bonds is 11. The van der Waals surface area contributed by atoms with E-state index in [2.05, 4.69) is 16.0 Å². The van der Waals surface area contributed by atoms with Gasteiger partial charge in [0.15, 0.2) is 0 Å². The summed E-state index contributed by atoms with van der Waals surface area (Å²) in [5.74, 6) is 0.0150. The average Bonchev–Trinajstić information content (AvgIpc) is 3.04. The first-order chi connectivity index (χ1) is 21.2. The maximum absolute atomic E-state index is 13.5. The van der Waals surface area contributed by atoms with Crippen molar-refractivity contribution in [1.82, 2.24) is 5.32 Å². The van der Waals surface area contributed by atoms with Crippen LogP contribution in [0.4, 0.5) is 11.4 Å². The molecule has 0 spiro atoms. The number of methoxy groups -OCH3 is 2. The lowest BCUT2D eigenvalue weighted by molar-refractivity contribution is -0.115. The van der Waals surface area contributed by atoms with Crippen LogP contribution in [0, 0.1) is 13.8 Å². The fourth-order valence-electron chi connectivity index (χ4n) is 4.23. The van der Waals surface area contributed by atoms with Gasteiger partial charge in [0.2, 0.25) is 5.91 Å². The Labute approximate surface area is 261 Å². The van der Waals surface area contributed by atoms with Gasteiger partial charge in [0.05, 0.1) is 19.5 Å². The van der Waals surface area contributed by atoms with Crippen molar-refractivity contribution in [2.24, 2.45) is 0 Å². The van der Waals surface area contributed by atoms with E-state index in [-0.39, 0.29) is 16.9 Å². The van der Waals surface area contributed by atoms with Gasteiger partial charge in [0, 0.05) is 33.5 Å². The number of anilines is 2. The largest absolute Gasteiger partial charge is 0.497 e. The number of hydrogen-bond donors (Lipinski definition) is 3. The molecule has 4 aromatic rings. The number of nitrogens with one attached hydrogen (secondary N) is 3. The molecule has 9 heteroatoms. The number of ether oxygens (including phenoxy) is 2. The van der Waals surface area contributed by atoms with E-state index in [4.69, 9.17) is 9.47 Å². The molecule has 0 saturated carbocycles. The summed E-state index contributed by atoms with van der Waals surface area (Å²) in [5.41, 5.74) is 4.48. The summed E-state index contributed by atoms with van der Waals surface area (Å²) in [7, 11) is 3.07. The average molecular weight is 610 g/mol. The van der Waals surface area contributed by atoms with Crippen LogP contribution in [-0.4, -0.2) is 37.2 Å². The highest BCUT2D eigenvalue weighted by Gasteiger charge is 2.18. The van der Waals surface area contributed by atoms with Gasteiger partial charge in [-0.1, -0.05) is 30.3 Å². The van der Waals surface area contributed by atoms with Gasteiger partial charge in [0.25, 0.3) is 11.8 Å². The van der Waals surface area contributed by atoms with Crippen molar-refractivity contribution in [2.45, 2.75) is 30.9 Å². The third kappa shape index (κ3) is 8.29. The molecule has 0 aliphatic heterocycles. The summed E-state index contributed by atoms with van der Waals surface area (Å²) in [6.45, 7) is 5.84. The molecule has 44 heavy (non-hydrogen) atoms. The van der Waals surface area contributed by atoms with Crippen molar-refractivity contribution in [2.75, 3.05) is 24.9 Å². The molecule has 4 rings (SSSR count). The zero-order valence-corrected chi connectivity index (χ0v) is 26.1. The monoisotopic (exact) mass is 609 g/mol. The van der Waals surface area contributed by atoms with Gasteiger partial charge in [0.1, 0.15) is 17.2 Å². The van der Waals surface area contributed by atoms with Crippen LogP contribution >= 0.6 is 11.8 Å². The number of aryl methyl sites for hydroxylation is 1. The molecule has 3 amide bonds. The molecule has 0 fully saturated rings. The second-order valence-corrected chi connectivity index (χ2v) is 11.4. The minimum absolute atomic E-state index is 0.0255. The molecule has 4 aromatic carbocycles. The maximum atomic E-state index is 13.5. The van der Waals surface area contributed by atoms with E-state index in [1.165, 1.54) is 18.9 Å². The van der Waals surface area contributed by atoms with Crippen LogP contribution in [0.25, 0.3) is 6.08 Å². The van der Waals surface area contributed by atoms with Gasteiger partial charge in [-0.2, -0.15) is 0 Å². The predicted octanol–water partition coefficient (Wildman–Crippen LogP) is 6.85. The Morgan fingerprint density at radius 3 is 2.23 bits per heavy atom. The molecule has 3 N–H and O–H groups in total. The highest BCUT2D eigenvalue weighted by atomic mass is 32.2.